The zero-order chi connectivity index (χ0) is 16.6. The number of anilines is 1. The molecule has 1 amide bonds. The van der Waals surface area contributed by atoms with Crippen LogP contribution >= 0.6 is 0 Å². The standard InChI is InChI=1S/C20H23NO3/c22-20(16-6-4-5-7-16)21-17-10-12-19(13-11-17)24-15-14-23-18-8-2-1-3-9-18/h1-3,8-13,16H,4-7,14-15H2,(H,21,22). The number of para-hydroxylation sites is 1. The number of nitrogens with one attached hydrogen (secondary N) is 1. The molecule has 4 nitrogen and oxygen atoms in total. The SMILES string of the molecule is O=C(Nc1ccc(OCCOc2ccccc2)cc1)C1CCCC1. The van der Waals surface area contributed by atoms with Crippen LogP contribution in [-0.2, 0) is 4.79 Å². The molecule has 0 radical (unpaired) electrons. The van der Waals surface area contributed by atoms with E-state index in [-0.39, 0.29) is 11.8 Å². The van der Waals surface area contributed by atoms with E-state index < -0.39 is 0 Å². The number of benzene rings is 2. The maximum Gasteiger partial charge on any atom is 0.227 e. The predicted octanol–water partition coefficient (Wildman–Crippen LogP) is 4.27. The Balaban J connectivity index is 1.40. The third kappa shape index (κ3) is 4.75. The molecular weight excluding hydrogens is 302 g/mol. The van der Waals surface area contributed by atoms with Gasteiger partial charge in [0.1, 0.15) is 24.7 Å². The summed E-state index contributed by atoms with van der Waals surface area (Å²) < 4.78 is 11.2. The van der Waals surface area contributed by atoms with E-state index in [2.05, 4.69) is 5.32 Å². The highest BCUT2D eigenvalue weighted by atomic mass is 16.5. The first-order chi connectivity index (χ1) is 11.8. The predicted molar refractivity (Wildman–Crippen MR) is 94.5 cm³/mol. The van der Waals surface area contributed by atoms with Crippen LogP contribution in [0.4, 0.5) is 5.69 Å². The van der Waals surface area contributed by atoms with E-state index >= 15 is 0 Å². The molecule has 1 fully saturated rings. The molecule has 0 unspecified atom stereocenters. The summed E-state index contributed by atoms with van der Waals surface area (Å²) in [6, 6.07) is 17.2. The van der Waals surface area contributed by atoms with Crippen molar-refractivity contribution < 1.29 is 14.3 Å². The van der Waals surface area contributed by atoms with Gasteiger partial charge in [-0.15, -0.1) is 0 Å². The molecule has 2 aromatic carbocycles. The summed E-state index contributed by atoms with van der Waals surface area (Å²) in [4.78, 5) is 12.1. The molecule has 0 heterocycles. The fourth-order valence-corrected chi connectivity index (χ4v) is 2.90. The summed E-state index contributed by atoms with van der Waals surface area (Å²) in [5.41, 5.74) is 0.819. The van der Waals surface area contributed by atoms with Gasteiger partial charge in [-0.05, 0) is 49.2 Å². The number of hydrogen-bond donors (Lipinski definition) is 1. The largest absolute Gasteiger partial charge is 0.490 e. The summed E-state index contributed by atoms with van der Waals surface area (Å²) in [6.45, 7) is 0.965. The van der Waals surface area contributed by atoms with Gasteiger partial charge >= 0.3 is 0 Å². The van der Waals surface area contributed by atoms with Crippen LogP contribution in [0, 0.1) is 5.92 Å². The van der Waals surface area contributed by atoms with Gasteiger partial charge in [-0.1, -0.05) is 31.0 Å². The van der Waals surface area contributed by atoms with Gasteiger partial charge in [-0.25, -0.2) is 0 Å². The molecule has 1 N–H and O–H groups in total. The molecule has 3 rings (SSSR count). The van der Waals surface area contributed by atoms with Crippen molar-refractivity contribution in [2.24, 2.45) is 5.92 Å². The molecule has 1 saturated carbocycles. The second-order valence-electron chi connectivity index (χ2n) is 6.00. The van der Waals surface area contributed by atoms with Crippen molar-refractivity contribution in [2.75, 3.05) is 18.5 Å². The van der Waals surface area contributed by atoms with E-state index in [1.165, 1.54) is 0 Å². The Hall–Kier alpha value is -2.49. The molecular formula is C20H23NO3. The lowest BCUT2D eigenvalue weighted by Crippen LogP contribution is -2.20. The van der Waals surface area contributed by atoms with E-state index in [0.29, 0.717) is 13.2 Å². The minimum absolute atomic E-state index is 0.137. The molecule has 126 valence electrons. The first kappa shape index (κ1) is 16.4. The lowest BCUT2D eigenvalue weighted by molar-refractivity contribution is -0.119. The average Bonchev–Trinajstić information content (AvgIpc) is 3.16. The van der Waals surface area contributed by atoms with Gasteiger partial charge in [-0.3, -0.25) is 4.79 Å². The Kier molecular flexibility index (Phi) is 5.72. The Morgan fingerprint density at radius 1 is 0.875 bits per heavy atom. The van der Waals surface area contributed by atoms with Crippen LogP contribution in [-0.4, -0.2) is 19.1 Å². The van der Waals surface area contributed by atoms with Crippen LogP contribution in [0.25, 0.3) is 0 Å². The van der Waals surface area contributed by atoms with Crippen molar-refractivity contribution in [2.45, 2.75) is 25.7 Å². The summed E-state index contributed by atoms with van der Waals surface area (Å²) >= 11 is 0. The van der Waals surface area contributed by atoms with Crippen molar-refractivity contribution in [3.05, 3.63) is 54.6 Å². The van der Waals surface area contributed by atoms with E-state index in [4.69, 9.17) is 9.47 Å². The highest BCUT2D eigenvalue weighted by Crippen LogP contribution is 2.26. The van der Waals surface area contributed by atoms with E-state index in [0.717, 1.165) is 42.9 Å². The Labute approximate surface area is 142 Å². The Bertz CT molecular complexity index is 634. The molecule has 1 aliphatic rings. The molecule has 0 saturated heterocycles. The summed E-state index contributed by atoms with van der Waals surface area (Å²) in [5, 5.41) is 2.98. The molecule has 0 bridgehead atoms. The summed E-state index contributed by atoms with van der Waals surface area (Å²) in [5.74, 6) is 1.92. The lowest BCUT2D eigenvalue weighted by Gasteiger charge is -2.11. The quantitative estimate of drug-likeness (QED) is 0.773. The van der Waals surface area contributed by atoms with Crippen LogP contribution in [0.5, 0.6) is 11.5 Å². The second kappa shape index (κ2) is 8.39. The normalized spacial score (nSPS) is 14.3. The van der Waals surface area contributed by atoms with Gasteiger partial charge < -0.3 is 14.8 Å². The maximum absolute atomic E-state index is 12.1. The molecule has 1 aliphatic carbocycles. The van der Waals surface area contributed by atoms with Crippen LogP contribution in [0.3, 0.4) is 0 Å². The Morgan fingerprint density at radius 3 is 2.08 bits per heavy atom. The van der Waals surface area contributed by atoms with Gasteiger partial charge in [-0.2, -0.15) is 0 Å². The van der Waals surface area contributed by atoms with Crippen LogP contribution in [0.1, 0.15) is 25.7 Å². The number of ether oxygens (including phenoxy) is 2. The molecule has 0 atom stereocenters. The number of amides is 1. The van der Waals surface area contributed by atoms with Gasteiger partial charge in [0.15, 0.2) is 0 Å². The third-order valence-corrected chi connectivity index (χ3v) is 4.21. The first-order valence-corrected chi connectivity index (χ1v) is 8.53. The van der Waals surface area contributed by atoms with E-state index in [1.54, 1.807) is 0 Å². The van der Waals surface area contributed by atoms with Crippen LogP contribution < -0.4 is 14.8 Å². The number of carbonyl (C=O) groups is 1. The molecule has 0 aliphatic heterocycles. The van der Waals surface area contributed by atoms with Crippen molar-refractivity contribution in [1.29, 1.82) is 0 Å². The maximum atomic E-state index is 12.1. The van der Waals surface area contributed by atoms with E-state index in [1.807, 2.05) is 54.6 Å². The van der Waals surface area contributed by atoms with Crippen LogP contribution in [0.15, 0.2) is 54.6 Å². The van der Waals surface area contributed by atoms with Crippen molar-refractivity contribution in [3.63, 3.8) is 0 Å². The summed E-state index contributed by atoms with van der Waals surface area (Å²) in [6.07, 6.45) is 4.34. The molecule has 24 heavy (non-hydrogen) atoms. The molecule has 2 aromatic rings. The van der Waals surface area contributed by atoms with Crippen LogP contribution in [0.2, 0.25) is 0 Å². The monoisotopic (exact) mass is 325 g/mol. The zero-order valence-corrected chi connectivity index (χ0v) is 13.7. The topological polar surface area (TPSA) is 47.6 Å². The third-order valence-electron chi connectivity index (χ3n) is 4.21. The van der Waals surface area contributed by atoms with Crippen molar-refractivity contribution in [1.82, 2.24) is 0 Å². The number of rotatable bonds is 7. The smallest absolute Gasteiger partial charge is 0.227 e. The van der Waals surface area contributed by atoms with Gasteiger partial charge in [0.25, 0.3) is 0 Å². The molecule has 0 aromatic heterocycles. The zero-order valence-electron chi connectivity index (χ0n) is 13.7. The minimum atomic E-state index is 0.137. The van der Waals surface area contributed by atoms with Gasteiger partial charge in [0.05, 0.1) is 0 Å². The fourth-order valence-electron chi connectivity index (χ4n) is 2.90. The van der Waals surface area contributed by atoms with Gasteiger partial charge in [0.2, 0.25) is 5.91 Å². The molecule has 4 heteroatoms. The fraction of sp³-hybridized carbons (Fsp3) is 0.350. The lowest BCUT2D eigenvalue weighted by atomic mass is 10.1. The first-order valence-electron chi connectivity index (χ1n) is 8.53. The highest BCUT2D eigenvalue weighted by Gasteiger charge is 2.22. The highest BCUT2D eigenvalue weighted by molar-refractivity contribution is 5.92. The second-order valence-corrected chi connectivity index (χ2v) is 6.00. The summed E-state index contributed by atoms with van der Waals surface area (Å²) in [7, 11) is 0. The van der Waals surface area contributed by atoms with Crippen molar-refractivity contribution >= 4 is 11.6 Å². The number of carbonyl (C=O) groups excluding carboxylic acids is 1. The average molecular weight is 325 g/mol. The molecule has 0 spiro atoms. The minimum Gasteiger partial charge on any atom is -0.490 e. The number of hydrogen-bond acceptors (Lipinski definition) is 3. The van der Waals surface area contributed by atoms with E-state index in [9.17, 15) is 4.79 Å². The van der Waals surface area contributed by atoms with Crippen molar-refractivity contribution in [3.8, 4) is 11.5 Å². The van der Waals surface area contributed by atoms with Gasteiger partial charge in [0, 0.05) is 11.6 Å². The Morgan fingerprint density at radius 2 is 1.46 bits per heavy atom.